The first-order valence-corrected chi connectivity index (χ1v) is 12.8. The van der Waals surface area contributed by atoms with Crippen molar-refractivity contribution in [1.82, 2.24) is 9.97 Å². The fourth-order valence-corrected chi connectivity index (χ4v) is 5.01. The summed E-state index contributed by atoms with van der Waals surface area (Å²) in [6.07, 6.45) is 0. The number of anilines is 1. The SMILES string of the molecule is CCOc1nc2cccc(C(C)C)c2cc1-c1cc(C(C)C)c2ccc(N3CCOCC3)nc2c1. The molecule has 1 saturated heterocycles. The first kappa shape index (κ1) is 23.6. The molecular formula is C30H35N3O2. The van der Waals surface area contributed by atoms with Gasteiger partial charge in [0.15, 0.2) is 0 Å². The molecule has 0 atom stereocenters. The van der Waals surface area contributed by atoms with Crippen LogP contribution in [0.1, 0.15) is 57.6 Å². The lowest BCUT2D eigenvalue weighted by Crippen LogP contribution is -2.36. The minimum Gasteiger partial charge on any atom is -0.478 e. The van der Waals surface area contributed by atoms with Gasteiger partial charge in [0.25, 0.3) is 0 Å². The van der Waals surface area contributed by atoms with E-state index in [0.717, 1.165) is 54.3 Å². The molecule has 4 aromatic rings. The number of fused-ring (bicyclic) bond motifs is 2. The zero-order valence-corrected chi connectivity index (χ0v) is 21.5. The summed E-state index contributed by atoms with van der Waals surface area (Å²) in [5.74, 6) is 2.46. The average Bonchev–Trinajstić information content (AvgIpc) is 2.87. The van der Waals surface area contributed by atoms with Crippen LogP contribution >= 0.6 is 0 Å². The van der Waals surface area contributed by atoms with Gasteiger partial charge in [0.2, 0.25) is 5.88 Å². The second kappa shape index (κ2) is 9.82. The fourth-order valence-electron chi connectivity index (χ4n) is 5.01. The van der Waals surface area contributed by atoms with Crippen LogP contribution in [0, 0.1) is 0 Å². The number of aromatic nitrogens is 2. The Hall–Kier alpha value is -3.18. The molecule has 1 fully saturated rings. The van der Waals surface area contributed by atoms with Gasteiger partial charge in [-0.1, -0.05) is 39.8 Å². The third kappa shape index (κ3) is 4.57. The maximum atomic E-state index is 6.08. The molecular weight excluding hydrogens is 434 g/mol. The summed E-state index contributed by atoms with van der Waals surface area (Å²) in [5.41, 5.74) is 6.70. The van der Waals surface area contributed by atoms with Crippen molar-refractivity contribution in [3.05, 3.63) is 59.7 Å². The van der Waals surface area contributed by atoms with Crippen molar-refractivity contribution >= 4 is 27.6 Å². The molecule has 0 radical (unpaired) electrons. The number of rotatable bonds is 6. The zero-order valence-electron chi connectivity index (χ0n) is 21.5. The number of benzene rings is 2. The molecule has 0 spiro atoms. The molecule has 1 aliphatic rings. The molecule has 182 valence electrons. The normalized spacial score (nSPS) is 14.4. The summed E-state index contributed by atoms with van der Waals surface area (Å²) < 4.78 is 11.6. The first-order valence-electron chi connectivity index (χ1n) is 12.8. The maximum Gasteiger partial charge on any atom is 0.221 e. The molecule has 0 saturated carbocycles. The first-order chi connectivity index (χ1) is 17.0. The van der Waals surface area contributed by atoms with Crippen LogP contribution in [0.15, 0.2) is 48.5 Å². The minimum absolute atomic E-state index is 0.365. The van der Waals surface area contributed by atoms with Gasteiger partial charge < -0.3 is 14.4 Å². The predicted molar refractivity (Wildman–Crippen MR) is 145 cm³/mol. The molecule has 1 aliphatic heterocycles. The van der Waals surface area contributed by atoms with Crippen LogP contribution in [-0.2, 0) is 4.74 Å². The van der Waals surface area contributed by atoms with Gasteiger partial charge in [0.1, 0.15) is 5.82 Å². The molecule has 5 rings (SSSR count). The van der Waals surface area contributed by atoms with E-state index in [0.29, 0.717) is 24.3 Å². The van der Waals surface area contributed by atoms with E-state index in [1.807, 2.05) is 6.92 Å². The highest BCUT2D eigenvalue weighted by Gasteiger charge is 2.18. The van der Waals surface area contributed by atoms with Crippen LogP contribution in [0.4, 0.5) is 5.82 Å². The van der Waals surface area contributed by atoms with Crippen molar-refractivity contribution in [2.45, 2.75) is 46.5 Å². The molecule has 3 heterocycles. The van der Waals surface area contributed by atoms with E-state index in [-0.39, 0.29) is 0 Å². The Bertz CT molecular complexity index is 1360. The summed E-state index contributed by atoms with van der Waals surface area (Å²) in [5, 5.41) is 2.39. The number of ether oxygens (including phenoxy) is 2. The van der Waals surface area contributed by atoms with Gasteiger partial charge in [-0.2, -0.15) is 0 Å². The summed E-state index contributed by atoms with van der Waals surface area (Å²) >= 11 is 0. The highest BCUT2D eigenvalue weighted by Crippen LogP contribution is 2.38. The van der Waals surface area contributed by atoms with E-state index >= 15 is 0 Å². The molecule has 5 nitrogen and oxygen atoms in total. The number of morpholine rings is 1. The van der Waals surface area contributed by atoms with Crippen molar-refractivity contribution in [1.29, 1.82) is 0 Å². The monoisotopic (exact) mass is 469 g/mol. The van der Waals surface area contributed by atoms with E-state index in [1.165, 1.54) is 21.9 Å². The topological polar surface area (TPSA) is 47.5 Å². The fraction of sp³-hybridized carbons (Fsp3) is 0.400. The molecule has 0 bridgehead atoms. The standard InChI is InChI=1S/C30H35N3O2/c1-6-35-30-25(18-26-22(19(2)3)8-7-9-27(26)32-30)21-16-24(20(4)5)23-10-11-29(31-28(23)17-21)33-12-14-34-15-13-33/h7-11,16-20H,6,12-15H2,1-5H3. The van der Waals surface area contributed by atoms with E-state index in [2.05, 4.69) is 81.1 Å². The number of hydrogen-bond acceptors (Lipinski definition) is 5. The van der Waals surface area contributed by atoms with E-state index in [1.54, 1.807) is 0 Å². The molecule has 0 N–H and O–H groups in total. The van der Waals surface area contributed by atoms with Gasteiger partial charge >= 0.3 is 0 Å². The highest BCUT2D eigenvalue weighted by molar-refractivity contribution is 5.93. The summed E-state index contributed by atoms with van der Waals surface area (Å²) in [7, 11) is 0. The molecule has 2 aromatic heterocycles. The van der Waals surface area contributed by atoms with Gasteiger partial charge in [-0.3, -0.25) is 0 Å². The van der Waals surface area contributed by atoms with Crippen LogP contribution in [0.25, 0.3) is 32.9 Å². The Morgan fingerprint density at radius 2 is 1.63 bits per heavy atom. The Balaban J connectivity index is 1.73. The highest BCUT2D eigenvalue weighted by atomic mass is 16.5. The zero-order chi connectivity index (χ0) is 24.5. The van der Waals surface area contributed by atoms with Gasteiger partial charge in [-0.15, -0.1) is 0 Å². The largest absolute Gasteiger partial charge is 0.478 e. The maximum absolute atomic E-state index is 6.08. The van der Waals surface area contributed by atoms with Gasteiger partial charge in [-0.05, 0) is 71.8 Å². The average molecular weight is 470 g/mol. The van der Waals surface area contributed by atoms with Crippen LogP contribution < -0.4 is 9.64 Å². The summed E-state index contributed by atoms with van der Waals surface area (Å²) in [4.78, 5) is 12.4. The van der Waals surface area contributed by atoms with Crippen molar-refractivity contribution in [2.75, 3.05) is 37.8 Å². The van der Waals surface area contributed by atoms with Crippen LogP contribution in [-0.4, -0.2) is 42.9 Å². The Morgan fingerprint density at radius 3 is 2.34 bits per heavy atom. The van der Waals surface area contributed by atoms with E-state index < -0.39 is 0 Å². The van der Waals surface area contributed by atoms with Crippen LogP contribution in [0.3, 0.4) is 0 Å². The smallest absolute Gasteiger partial charge is 0.221 e. The van der Waals surface area contributed by atoms with Crippen molar-refractivity contribution < 1.29 is 9.47 Å². The van der Waals surface area contributed by atoms with Crippen molar-refractivity contribution in [3.63, 3.8) is 0 Å². The van der Waals surface area contributed by atoms with Gasteiger partial charge in [-0.25, -0.2) is 9.97 Å². The molecule has 0 aliphatic carbocycles. The third-order valence-corrected chi connectivity index (χ3v) is 6.85. The molecule has 5 heteroatoms. The Morgan fingerprint density at radius 1 is 0.857 bits per heavy atom. The predicted octanol–water partition coefficient (Wildman–Crippen LogP) is 6.93. The summed E-state index contributed by atoms with van der Waals surface area (Å²) in [6.45, 7) is 14.8. The van der Waals surface area contributed by atoms with Crippen LogP contribution in [0.5, 0.6) is 5.88 Å². The van der Waals surface area contributed by atoms with E-state index in [9.17, 15) is 0 Å². The van der Waals surface area contributed by atoms with Gasteiger partial charge in [0.05, 0.1) is 30.9 Å². The van der Waals surface area contributed by atoms with E-state index in [4.69, 9.17) is 19.4 Å². The second-order valence-electron chi connectivity index (χ2n) is 9.90. The van der Waals surface area contributed by atoms with Crippen LogP contribution in [0.2, 0.25) is 0 Å². The third-order valence-electron chi connectivity index (χ3n) is 6.85. The number of pyridine rings is 2. The molecule has 35 heavy (non-hydrogen) atoms. The Kier molecular flexibility index (Phi) is 6.61. The molecule has 0 unspecified atom stereocenters. The second-order valence-corrected chi connectivity index (χ2v) is 9.90. The lowest BCUT2D eigenvalue weighted by molar-refractivity contribution is 0.122. The number of nitrogens with zero attached hydrogens (tertiary/aromatic N) is 3. The lowest BCUT2D eigenvalue weighted by Gasteiger charge is -2.28. The lowest BCUT2D eigenvalue weighted by atomic mass is 9.92. The van der Waals surface area contributed by atoms with Gasteiger partial charge in [0, 0.05) is 29.4 Å². The summed E-state index contributed by atoms with van der Waals surface area (Å²) in [6, 6.07) is 17.5. The Labute approximate surface area is 208 Å². The number of hydrogen-bond donors (Lipinski definition) is 0. The van der Waals surface area contributed by atoms with Crippen molar-refractivity contribution in [3.8, 4) is 17.0 Å². The minimum atomic E-state index is 0.365. The molecule has 0 amide bonds. The van der Waals surface area contributed by atoms with Crippen molar-refractivity contribution in [2.24, 2.45) is 0 Å². The quantitative estimate of drug-likeness (QED) is 0.306. The molecule has 2 aromatic carbocycles.